The van der Waals surface area contributed by atoms with Crippen LogP contribution in [0.2, 0.25) is 0 Å². The first-order chi connectivity index (χ1) is 9.17. The third-order valence-electron chi connectivity index (χ3n) is 3.14. The summed E-state index contributed by atoms with van der Waals surface area (Å²) < 4.78 is 24.6. The van der Waals surface area contributed by atoms with E-state index in [0.29, 0.717) is 31.9 Å². The molecule has 0 aliphatic carbocycles. The standard InChI is InChI=1S/C14H21FN2O2/c1-17-4-5-18-14(9-17)10-19-13-7-11(2-3-16)6-12(15)8-13/h6-8,14H,2-5,9-10,16H2,1H3. The molecule has 2 rings (SSSR count). The molecule has 0 aromatic heterocycles. The Balaban J connectivity index is 1.91. The van der Waals surface area contributed by atoms with Crippen LogP contribution < -0.4 is 10.5 Å². The van der Waals surface area contributed by atoms with Gasteiger partial charge in [-0.2, -0.15) is 0 Å². The van der Waals surface area contributed by atoms with Gasteiger partial charge in [0.1, 0.15) is 24.3 Å². The molecule has 0 radical (unpaired) electrons. The van der Waals surface area contributed by atoms with E-state index < -0.39 is 0 Å². The van der Waals surface area contributed by atoms with Crippen molar-refractivity contribution in [2.24, 2.45) is 5.73 Å². The smallest absolute Gasteiger partial charge is 0.127 e. The number of rotatable bonds is 5. The highest BCUT2D eigenvalue weighted by Crippen LogP contribution is 2.17. The quantitative estimate of drug-likeness (QED) is 0.866. The Kier molecular flexibility index (Phi) is 5.13. The van der Waals surface area contributed by atoms with E-state index in [1.807, 2.05) is 6.07 Å². The zero-order valence-corrected chi connectivity index (χ0v) is 11.3. The fraction of sp³-hybridized carbons (Fsp3) is 0.571. The monoisotopic (exact) mass is 268 g/mol. The molecule has 0 saturated carbocycles. The molecule has 1 aliphatic rings. The summed E-state index contributed by atoms with van der Waals surface area (Å²) in [5.74, 6) is 0.253. The predicted octanol–water partition coefficient (Wildman–Crippen LogP) is 1.04. The van der Waals surface area contributed by atoms with Crippen LogP contribution in [0.4, 0.5) is 4.39 Å². The van der Waals surface area contributed by atoms with Gasteiger partial charge in [-0.3, -0.25) is 0 Å². The first-order valence-corrected chi connectivity index (χ1v) is 6.60. The molecule has 2 N–H and O–H groups in total. The Morgan fingerprint density at radius 3 is 3.05 bits per heavy atom. The highest BCUT2D eigenvalue weighted by molar-refractivity contribution is 5.29. The molecule has 1 aromatic carbocycles. The second kappa shape index (κ2) is 6.84. The topological polar surface area (TPSA) is 47.7 Å². The van der Waals surface area contributed by atoms with Crippen molar-refractivity contribution >= 4 is 0 Å². The number of hydrogen-bond acceptors (Lipinski definition) is 4. The molecule has 0 spiro atoms. The van der Waals surface area contributed by atoms with E-state index in [4.69, 9.17) is 15.2 Å². The van der Waals surface area contributed by atoms with Crippen LogP contribution in [0.25, 0.3) is 0 Å². The van der Waals surface area contributed by atoms with Crippen molar-refractivity contribution in [3.63, 3.8) is 0 Å². The normalized spacial score (nSPS) is 20.5. The van der Waals surface area contributed by atoms with Crippen LogP contribution in [0.1, 0.15) is 5.56 Å². The number of likely N-dealkylation sites (N-methyl/N-ethyl adjacent to an activating group) is 1. The van der Waals surface area contributed by atoms with E-state index in [1.54, 1.807) is 0 Å². The molecule has 0 amide bonds. The van der Waals surface area contributed by atoms with Crippen LogP contribution in [0.5, 0.6) is 5.75 Å². The summed E-state index contributed by atoms with van der Waals surface area (Å²) in [6.07, 6.45) is 0.691. The summed E-state index contributed by atoms with van der Waals surface area (Å²) in [7, 11) is 2.05. The largest absolute Gasteiger partial charge is 0.491 e. The molecule has 1 aliphatic heterocycles. The van der Waals surface area contributed by atoms with E-state index in [2.05, 4.69) is 11.9 Å². The molecular formula is C14H21FN2O2. The summed E-state index contributed by atoms with van der Waals surface area (Å²) in [5.41, 5.74) is 6.34. The van der Waals surface area contributed by atoms with Crippen molar-refractivity contribution in [3.8, 4) is 5.75 Å². The van der Waals surface area contributed by atoms with Gasteiger partial charge in [0, 0.05) is 19.2 Å². The van der Waals surface area contributed by atoms with Crippen LogP contribution in [0, 0.1) is 5.82 Å². The lowest BCUT2D eigenvalue weighted by Gasteiger charge is -2.29. The molecule has 1 atom stereocenters. The van der Waals surface area contributed by atoms with Gasteiger partial charge >= 0.3 is 0 Å². The molecule has 1 aromatic rings. The van der Waals surface area contributed by atoms with E-state index in [-0.39, 0.29) is 11.9 Å². The number of ether oxygens (including phenoxy) is 2. The molecule has 19 heavy (non-hydrogen) atoms. The van der Waals surface area contributed by atoms with E-state index >= 15 is 0 Å². The molecular weight excluding hydrogens is 247 g/mol. The maximum Gasteiger partial charge on any atom is 0.127 e. The van der Waals surface area contributed by atoms with Crippen LogP contribution in [0.15, 0.2) is 18.2 Å². The molecule has 1 saturated heterocycles. The Morgan fingerprint density at radius 2 is 2.32 bits per heavy atom. The summed E-state index contributed by atoms with van der Waals surface area (Å²) in [5, 5.41) is 0. The Morgan fingerprint density at radius 1 is 1.47 bits per heavy atom. The second-order valence-corrected chi connectivity index (χ2v) is 4.90. The lowest BCUT2D eigenvalue weighted by molar-refractivity contribution is -0.0404. The van der Waals surface area contributed by atoms with Crippen molar-refractivity contribution in [1.82, 2.24) is 4.90 Å². The number of halogens is 1. The number of benzene rings is 1. The minimum atomic E-state index is -0.289. The zero-order chi connectivity index (χ0) is 13.7. The van der Waals surface area contributed by atoms with Crippen molar-refractivity contribution in [1.29, 1.82) is 0 Å². The predicted molar refractivity (Wildman–Crippen MR) is 71.9 cm³/mol. The fourth-order valence-electron chi connectivity index (χ4n) is 2.17. The van der Waals surface area contributed by atoms with Gasteiger partial charge < -0.3 is 20.1 Å². The molecule has 4 nitrogen and oxygen atoms in total. The van der Waals surface area contributed by atoms with Gasteiger partial charge in [0.05, 0.1) is 6.61 Å². The molecule has 1 heterocycles. The third kappa shape index (κ3) is 4.45. The van der Waals surface area contributed by atoms with E-state index in [9.17, 15) is 4.39 Å². The van der Waals surface area contributed by atoms with Crippen LogP contribution in [-0.4, -0.2) is 50.9 Å². The fourth-order valence-corrected chi connectivity index (χ4v) is 2.17. The highest BCUT2D eigenvalue weighted by Gasteiger charge is 2.18. The van der Waals surface area contributed by atoms with E-state index in [0.717, 1.165) is 18.7 Å². The summed E-state index contributed by atoms with van der Waals surface area (Å²) in [6.45, 7) is 3.43. The van der Waals surface area contributed by atoms with Crippen LogP contribution >= 0.6 is 0 Å². The van der Waals surface area contributed by atoms with Gasteiger partial charge in [0.25, 0.3) is 0 Å². The maximum atomic E-state index is 13.4. The SMILES string of the molecule is CN1CCOC(COc2cc(F)cc(CCN)c2)C1. The number of nitrogens with two attached hydrogens (primary N) is 1. The average molecular weight is 268 g/mol. The molecule has 1 fully saturated rings. The summed E-state index contributed by atoms with van der Waals surface area (Å²) >= 11 is 0. The summed E-state index contributed by atoms with van der Waals surface area (Å²) in [6, 6.07) is 4.72. The van der Waals surface area contributed by atoms with Crippen molar-refractivity contribution < 1.29 is 13.9 Å². The number of morpholine rings is 1. The van der Waals surface area contributed by atoms with Crippen molar-refractivity contribution in [2.75, 3.05) is 39.9 Å². The van der Waals surface area contributed by atoms with Crippen LogP contribution in [-0.2, 0) is 11.2 Å². The highest BCUT2D eigenvalue weighted by atomic mass is 19.1. The molecule has 5 heteroatoms. The Labute approximate surface area is 113 Å². The lowest BCUT2D eigenvalue weighted by atomic mass is 10.1. The molecule has 1 unspecified atom stereocenters. The maximum absolute atomic E-state index is 13.4. The first-order valence-electron chi connectivity index (χ1n) is 6.60. The van der Waals surface area contributed by atoms with Crippen molar-refractivity contribution in [2.45, 2.75) is 12.5 Å². The van der Waals surface area contributed by atoms with Gasteiger partial charge in [-0.25, -0.2) is 4.39 Å². The molecule has 106 valence electrons. The number of nitrogens with zero attached hydrogens (tertiary/aromatic N) is 1. The van der Waals surface area contributed by atoms with Crippen molar-refractivity contribution in [3.05, 3.63) is 29.6 Å². The summed E-state index contributed by atoms with van der Waals surface area (Å²) in [4.78, 5) is 2.20. The van der Waals surface area contributed by atoms with Gasteiger partial charge in [-0.15, -0.1) is 0 Å². The first kappa shape index (κ1) is 14.2. The van der Waals surface area contributed by atoms with Crippen LogP contribution in [0.3, 0.4) is 0 Å². The minimum Gasteiger partial charge on any atom is -0.491 e. The average Bonchev–Trinajstić information content (AvgIpc) is 2.36. The third-order valence-corrected chi connectivity index (χ3v) is 3.14. The lowest BCUT2D eigenvalue weighted by Crippen LogP contribution is -2.42. The molecule has 0 bridgehead atoms. The Hall–Kier alpha value is -1.17. The van der Waals surface area contributed by atoms with Gasteiger partial charge in [0.2, 0.25) is 0 Å². The van der Waals surface area contributed by atoms with Gasteiger partial charge in [-0.05, 0) is 37.7 Å². The van der Waals surface area contributed by atoms with Gasteiger partial charge in [0.15, 0.2) is 0 Å². The number of hydrogen-bond donors (Lipinski definition) is 1. The minimum absolute atomic E-state index is 0.0416. The van der Waals surface area contributed by atoms with Gasteiger partial charge in [-0.1, -0.05) is 0 Å². The second-order valence-electron chi connectivity index (χ2n) is 4.90. The van der Waals surface area contributed by atoms with E-state index in [1.165, 1.54) is 12.1 Å². The Bertz CT molecular complexity index is 414. The zero-order valence-electron chi connectivity index (χ0n) is 11.3.